The molecule has 0 fully saturated rings. The largest absolute Gasteiger partial charge is 0.457 e. The first-order chi connectivity index (χ1) is 7.20. The fraction of sp³-hybridized carbons (Fsp3) is 0.250. The minimum Gasteiger partial charge on any atom is -0.457 e. The Labute approximate surface area is 89.1 Å². The van der Waals surface area contributed by atoms with Crippen molar-refractivity contribution in [1.82, 2.24) is 4.98 Å². The van der Waals surface area contributed by atoms with E-state index >= 15 is 0 Å². The summed E-state index contributed by atoms with van der Waals surface area (Å²) < 4.78 is 4.54. The Balaban J connectivity index is 2.91. The molecule has 0 bridgehead atoms. The van der Waals surface area contributed by atoms with Crippen LogP contribution in [0.1, 0.15) is 17.4 Å². The molecule has 1 heterocycles. The Morgan fingerprint density at radius 3 is 2.87 bits per heavy atom. The lowest BCUT2D eigenvalue weighted by Crippen LogP contribution is -2.27. The van der Waals surface area contributed by atoms with E-state index in [1.807, 2.05) is 0 Å². The monoisotopic (exact) mass is 225 g/mol. The highest BCUT2D eigenvalue weighted by atomic mass is 32.1. The zero-order valence-corrected chi connectivity index (χ0v) is 8.65. The summed E-state index contributed by atoms with van der Waals surface area (Å²) in [7, 11) is 0. The fourth-order valence-corrected chi connectivity index (χ4v) is 1.36. The molecular formula is C8H7N3O3S. The number of carbonyl (C=O) groups is 2. The van der Waals surface area contributed by atoms with E-state index in [9.17, 15) is 9.59 Å². The van der Waals surface area contributed by atoms with Gasteiger partial charge in [-0.15, -0.1) is 11.3 Å². The van der Waals surface area contributed by atoms with E-state index in [0.29, 0.717) is 0 Å². The third-order valence-electron chi connectivity index (χ3n) is 1.45. The molecule has 1 aromatic heterocycles. The zero-order valence-electron chi connectivity index (χ0n) is 7.84. The van der Waals surface area contributed by atoms with E-state index in [-0.39, 0.29) is 12.3 Å². The van der Waals surface area contributed by atoms with Crippen LogP contribution in [0.2, 0.25) is 0 Å². The van der Waals surface area contributed by atoms with Gasteiger partial charge in [-0.05, 0) is 6.92 Å². The number of hydrogen-bond donors (Lipinski definition) is 0. The second-order valence-corrected chi connectivity index (χ2v) is 3.09. The maximum absolute atomic E-state index is 11.5. The van der Waals surface area contributed by atoms with Crippen LogP contribution < -0.4 is 0 Å². The first-order valence-electron chi connectivity index (χ1n) is 4.02. The first-order valence-corrected chi connectivity index (χ1v) is 4.97. The van der Waals surface area contributed by atoms with Crippen molar-refractivity contribution < 1.29 is 19.1 Å². The van der Waals surface area contributed by atoms with E-state index in [4.69, 9.17) is 5.53 Å². The predicted octanol–water partition coefficient (Wildman–Crippen LogP) is 0.560. The van der Waals surface area contributed by atoms with E-state index in [0.717, 1.165) is 0 Å². The maximum Gasteiger partial charge on any atom is 0.448 e. The summed E-state index contributed by atoms with van der Waals surface area (Å²) >= 11 is 1.20. The highest BCUT2D eigenvalue weighted by molar-refractivity contribution is 7.07. The van der Waals surface area contributed by atoms with Gasteiger partial charge in [0.25, 0.3) is 0 Å². The third-order valence-corrected chi connectivity index (χ3v) is 2.04. The van der Waals surface area contributed by atoms with E-state index < -0.39 is 17.5 Å². The first kappa shape index (κ1) is 11.2. The van der Waals surface area contributed by atoms with Crippen LogP contribution in [-0.4, -0.2) is 33.8 Å². The second kappa shape index (κ2) is 5.14. The van der Waals surface area contributed by atoms with Gasteiger partial charge in [0, 0.05) is 5.38 Å². The molecule has 15 heavy (non-hydrogen) atoms. The number of ether oxygens (including phenoxy) is 1. The van der Waals surface area contributed by atoms with Gasteiger partial charge in [0.05, 0.1) is 12.1 Å². The topological polar surface area (TPSA) is 92.7 Å². The number of ketones is 1. The lowest BCUT2D eigenvalue weighted by molar-refractivity contribution is -0.139. The molecule has 0 atom stereocenters. The van der Waals surface area contributed by atoms with Crippen LogP contribution in [0.3, 0.4) is 0 Å². The summed E-state index contributed by atoms with van der Waals surface area (Å²) in [4.78, 5) is 29.0. The number of aromatic nitrogens is 1. The van der Waals surface area contributed by atoms with Crippen molar-refractivity contribution in [3.8, 4) is 0 Å². The normalized spacial score (nSPS) is 9.13. The number of hydrogen-bond acceptors (Lipinski definition) is 5. The van der Waals surface area contributed by atoms with E-state index in [1.165, 1.54) is 22.2 Å². The molecule has 0 aliphatic carbocycles. The van der Waals surface area contributed by atoms with Gasteiger partial charge >= 0.3 is 17.5 Å². The van der Waals surface area contributed by atoms with Gasteiger partial charge in [0.1, 0.15) is 5.69 Å². The van der Waals surface area contributed by atoms with Gasteiger partial charge in [-0.3, -0.25) is 4.79 Å². The number of carbonyl (C=O) groups excluding carboxylic acids is 2. The Kier molecular flexibility index (Phi) is 3.84. The molecule has 78 valence electrons. The lowest BCUT2D eigenvalue weighted by Gasteiger charge is -1.94. The molecule has 0 amide bonds. The predicted molar refractivity (Wildman–Crippen MR) is 51.7 cm³/mol. The van der Waals surface area contributed by atoms with Crippen LogP contribution in [0.15, 0.2) is 10.9 Å². The van der Waals surface area contributed by atoms with Gasteiger partial charge in [0.15, 0.2) is 0 Å². The molecule has 0 saturated heterocycles. The number of thiazole rings is 1. The summed E-state index contributed by atoms with van der Waals surface area (Å²) in [6.07, 6.45) is 0. The van der Waals surface area contributed by atoms with Crippen LogP contribution in [-0.2, 0) is 9.53 Å². The molecule has 0 spiro atoms. The van der Waals surface area contributed by atoms with Gasteiger partial charge in [-0.2, -0.15) is 4.79 Å². The van der Waals surface area contributed by atoms with Gasteiger partial charge in [0.2, 0.25) is 0 Å². The quantitative estimate of drug-likeness (QED) is 0.187. The van der Waals surface area contributed by atoms with Crippen LogP contribution in [0.4, 0.5) is 0 Å². The Morgan fingerprint density at radius 2 is 2.40 bits per heavy atom. The molecule has 0 unspecified atom stereocenters. The van der Waals surface area contributed by atoms with E-state index in [1.54, 1.807) is 6.92 Å². The van der Waals surface area contributed by atoms with Crippen LogP contribution >= 0.6 is 11.3 Å². The van der Waals surface area contributed by atoms with Crippen LogP contribution in [0.5, 0.6) is 0 Å². The van der Waals surface area contributed by atoms with Crippen molar-refractivity contribution in [2.45, 2.75) is 6.92 Å². The Hall–Kier alpha value is -1.85. The number of rotatable bonds is 4. The molecule has 1 aromatic rings. The van der Waals surface area contributed by atoms with Crippen molar-refractivity contribution in [3.05, 3.63) is 22.1 Å². The van der Waals surface area contributed by atoms with Crippen LogP contribution in [0, 0.1) is 0 Å². The molecular weight excluding hydrogens is 218 g/mol. The molecule has 0 radical (unpaired) electrons. The smallest absolute Gasteiger partial charge is 0.448 e. The highest BCUT2D eigenvalue weighted by Crippen LogP contribution is 2.03. The standard InChI is InChI=1S/C8H7N3O3S/c1-2-14-8(13)6(11-9)7(12)5-3-15-4-10-5/h3-4H,2H2,1H3. The minimum atomic E-state index is -0.960. The van der Waals surface area contributed by atoms with Gasteiger partial charge < -0.3 is 10.3 Å². The van der Waals surface area contributed by atoms with Crippen molar-refractivity contribution in [2.75, 3.05) is 6.61 Å². The van der Waals surface area contributed by atoms with Crippen LogP contribution in [0.25, 0.3) is 5.53 Å². The number of Topliss-reactive ketones (excluding diaryl/α,β-unsaturated/α-hetero) is 1. The summed E-state index contributed by atoms with van der Waals surface area (Å²) in [5.74, 6) is -1.71. The molecule has 0 N–H and O–H groups in total. The molecule has 0 aromatic carbocycles. The molecule has 0 saturated carbocycles. The maximum atomic E-state index is 11.5. The fourth-order valence-electron chi connectivity index (χ4n) is 0.824. The molecule has 0 aliphatic rings. The second-order valence-electron chi connectivity index (χ2n) is 2.37. The Bertz CT molecular complexity index is 420. The molecule has 0 aliphatic heterocycles. The molecule has 6 nitrogen and oxygen atoms in total. The average molecular weight is 225 g/mol. The van der Waals surface area contributed by atoms with Crippen molar-refractivity contribution in [3.63, 3.8) is 0 Å². The third kappa shape index (κ3) is 2.55. The number of esters is 1. The van der Waals surface area contributed by atoms with Crippen molar-refractivity contribution in [1.29, 1.82) is 0 Å². The SMILES string of the molecule is CCOC(=O)C(=[N+]=[N-])C(=O)c1cscn1. The molecule has 1 rings (SSSR count). The van der Waals surface area contributed by atoms with Crippen molar-refractivity contribution >= 4 is 28.8 Å². The van der Waals surface area contributed by atoms with Gasteiger partial charge in [-0.1, -0.05) is 0 Å². The summed E-state index contributed by atoms with van der Waals surface area (Å²) in [6.45, 7) is 1.68. The lowest BCUT2D eigenvalue weighted by atomic mass is 10.2. The minimum absolute atomic E-state index is 0.0563. The summed E-state index contributed by atoms with van der Waals surface area (Å²) in [5, 5.41) is 1.45. The zero-order chi connectivity index (χ0) is 11.3. The van der Waals surface area contributed by atoms with Crippen molar-refractivity contribution in [2.24, 2.45) is 0 Å². The Morgan fingerprint density at radius 1 is 1.67 bits per heavy atom. The molecule has 7 heteroatoms. The summed E-state index contributed by atoms with van der Waals surface area (Å²) in [6, 6.07) is 0. The highest BCUT2D eigenvalue weighted by Gasteiger charge is 2.33. The van der Waals surface area contributed by atoms with E-state index in [2.05, 4.69) is 14.5 Å². The van der Waals surface area contributed by atoms with Gasteiger partial charge in [-0.25, -0.2) is 9.78 Å². The number of nitrogens with zero attached hydrogens (tertiary/aromatic N) is 3. The average Bonchev–Trinajstić information content (AvgIpc) is 2.71. The summed E-state index contributed by atoms with van der Waals surface area (Å²) in [5.41, 5.74) is 9.36.